The van der Waals surface area contributed by atoms with Crippen molar-refractivity contribution >= 4 is 38.9 Å². The molecule has 0 saturated heterocycles. The summed E-state index contributed by atoms with van der Waals surface area (Å²) in [5, 5.41) is 8.17. The first-order valence-electron chi connectivity index (χ1n) is 8.18. The number of ether oxygens (including phenoxy) is 1. The molecule has 146 valence electrons. The average Bonchev–Trinajstić information content (AvgIpc) is 2.69. The minimum Gasteiger partial charge on any atom is -0.497 e. The maximum atomic E-state index is 11.4. The number of nitrogens with zero attached hydrogens (tertiary/aromatic N) is 3. The minimum absolute atomic E-state index is 0.0219. The summed E-state index contributed by atoms with van der Waals surface area (Å²) in [7, 11) is -0.310. The molecule has 0 radical (unpaired) electrons. The van der Waals surface area contributed by atoms with Gasteiger partial charge in [-0.25, -0.2) is 18.5 Å². The van der Waals surface area contributed by atoms with Crippen molar-refractivity contribution in [2.45, 2.75) is 4.90 Å². The van der Waals surface area contributed by atoms with Gasteiger partial charge in [-0.3, -0.25) is 0 Å². The van der Waals surface area contributed by atoms with Crippen LogP contribution in [0.3, 0.4) is 0 Å². The summed E-state index contributed by atoms with van der Waals surface area (Å²) in [6.07, 6.45) is 1.50. The van der Waals surface area contributed by atoms with E-state index in [0.29, 0.717) is 23.1 Å². The number of hydrogen-bond acceptors (Lipinski definition) is 8. The first-order chi connectivity index (χ1) is 13.3. The predicted octanol–water partition coefficient (Wildman–Crippen LogP) is 2.23. The Morgan fingerprint density at radius 1 is 1.07 bits per heavy atom. The van der Waals surface area contributed by atoms with E-state index in [-0.39, 0.29) is 4.90 Å². The van der Waals surface area contributed by atoms with Crippen LogP contribution in [0.4, 0.5) is 28.8 Å². The Morgan fingerprint density at radius 2 is 1.71 bits per heavy atom. The number of benzene rings is 2. The first-order valence-corrected chi connectivity index (χ1v) is 9.73. The highest BCUT2D eigenvalue weighted by molar-refractivity contribution is 7.89. The lowest BCUT2D eigenvalue weighted by Gasteiger charge is -2.19. The number of aromatic nitrogens is 2. The van der Waals surface area contributed by atoms with Crippen molar-refractivity contribution in [3.05, 3.63) is 54.7 Å². The summed E-state index contributed by atoms with van der Waals surface area (Å²) in [6.45, 7) is 0. The highest BCUT2D eigenvalue weighted by Crippen LogP contribution is 2.27. The molecular formula is C18H20N6O3S. The Balaban J connectivity index is 1.84. The highest BCUT2D eigenvalue weighted by Gasteiger charge is 2.12. The van der Waals surface area contributed by atoms with Crippen molar-refractivity contribution in [3.8, 4) is 5.75 Å². The number of primary sulfonamides is 1. The van der Waals surface area contributed by atoms with Gasteiger partial charge < -0.3 is 20.7 Å². The molecule has 1 heterocycles. The standard InChI is InChI=1S/C18H20N6O3S/c1-24(13-5-7-14(27-2)8-6-13)18-21-11-16(19)17(23-18)22-12-3-9-15(10-4-12)28(20,25)26/h3-11H,19H2,1-2H3,(H2,20,25,26)(H,21,22,23). The van der Waals surface area contributed by atoms with Crippen LogP contribution in [-0.2, 0) is 10.0 Å². The van der Waals surface area contributed by atoms with Gasteiger partial charge in [-0.05, 0) is 48.5 Å². The van der Waals surface area contributed by atoms with Gasteiger partial charge in [0.2, 0.25) is 16.0 Å². The van der Waals surface area contributed by atoms with E-state index in [1.807, 2.05) is 31.3 Å². The Bertz CT molecular complexity index is 1070. The summed E-state index contributed by atoms with van der Waals surface area (Å²) in [5.41, 5.74) is 7.80. The number of anilines is 5. The molecule has 5 N–H and O–H groups in total. The summed E-state index contributed by atoms with van der Waals surface area (Å²) < 4.78 is 27.9. The molecule has 2 aromatic carbocycles. The zero-order valence-electron chi connectivity index (χ0n) is 15.3. The maximum Gasteiger partial charge on any atom is 0.238 e. The molecule has 0 fully saturated rings. The van der Waals surface area contributed by atoms with Gasteiger partial charge >= 0.3 is 0 Å². The largest absolute Gasteiger partial charge is 0.497 e. The highest BCUT2D eigenvalue weighted by atomic mass is 32.2. The van der Waals surface area contributed by atoms with Crippen LogP contribution in [0.25, 0.3) is 0 Å². The lowest BCUT2D eigenvalue weighted by atomic mass is 10.3. The van der Waals surface area contributed by atoms with Crippen molar-refractivity contribution < 1.29 is 13.2 Å². The summed E-state index contributed by atoms with van der Waals surface area (Å²) in [6, 6.07) is 13.4. The lowest BCUT2D eigenvalue weighted by Crippen LogP contribution is -2.14. The Labute approximate surface area is 163 Å². The topological polar surface area (TPSA) is 136 Å². The van der Waals surface area contributed by atoms with Crippen LogP contribution in [0.15, 0.2) is 59.6 Å². The smallest absolute Gasteiger partial charge is 0.238 e. The molecule has 0 aliphatic heterocycles. The van der Waals surface area contributed by atoms with E-state index >= 15 is 0 Å². The Kier molecular flexibility index (Phi) is 5.34. The van der Waals surface area contributed by atoms with E-state index in [1.165, 1.54) is 18.3 Å². The Morgan fingerprint density at radius 3 is 2.29 bits per heavy atom. The van der Waals surface area contributed by atoms with Crippen LogP contribution in [0.5, 0.6) is 5.75 Å². The third kappa shape index (κ3) is 4.30. The molecule has 3 aromatic rings. The second-order valence-electron chi connectivity index (χ2n) is 5.93. The van der Waals surface area contributed by atoms with Gasteiger partial charge in [0.05, 0.1) is 23.9 Å². The molecule has 0 atom stereocenters. The van der Waals surface area contributed by atoms with Gasteiger partial charge in [0, 0.05) is 18.4 Å². The zero-order chi connectivity index (χ0) is 20.3. The number of nitrogens with two attached hydrogens (primary N) is 2. The number of nitrogen functional groups attached to an aromatic ring is 1. The van der Waals surface area contributed by atoms with Gasteiger partial charge in [-0.15, -0.1) is 0 Å². The fourth-order valence-corrected chi connectivity index (χ4v) is 2.94. The minimum atomic E-state index is -3.75. The van der Waals surface area contributed by atoms with Crippen LogP contribution in [0.2, 0.25) is 0 Å². The molecule has 0 aliphatic carbocycles. The zero-order valence-corrected chi connectivity index (χ0v) is 16.1. The van der Waals surface area contributed by atoms with Crippen molar-refractivity contribution in [2.24, 2.45) is 5.14 Å². The molecule has 0 amide bonds. The SMILES string of the molecule is COc1ccc(N(C)c2ncc(N)c(Nc3ccc(S(N)(=O)=O)cc3)n2)cc1. The molecule has 0 unspecified atom stereocenters. The van der Waals surface area contributed by atoms with Gasteiger partial charge in [0.25, 0.3) is 0 Å². The molecular weight excluding hydrogens is 380 g/mol. The van der Waals surface area contributed by atoms with Gasteiger partial charge in [-0.1, -0.05) is 0 Å². The number of hydrogen-bond donors (Lipinski definition) is 3. The number of rotatable bonds is 6. The molecule has 0 spiro atoms. The molecule has 0 saturated carbocycles. The summed E-state index contributed by atoms with van der Waals surface area (Å²) in [4.78, 5) is 10.6. The lowest BCUT2D eigenvalue weighted by molar-refractivity contribution is 0.415. The fraction of sp³-hybridized carbons (Fsp3) is 0.111. The van der Waals surface area contributed by atoms with Crippen LogP contribution >= 0.6 is 0 Å². The van der Waals surface area contributed by atoms with Crippen LogP contribution in [0.1, 0.15) is 0 Å². The van der Waals surface area contributed by atoms with Crippen molar-refractivity contribution in [2.75, 3.05) is 30.1 Å². The quantitative estimate of drug-likeness (QED) is 0.573. The van der Waals surface area contributed by atoms with Crippen molar-refractivity contribution in [1.29, 1.82) is 0 Å². The molecule has 9 nitrogen and oxygen atoms in total. The first kappa shape index (κ1) is 19.4. The van der Waals surface area contributed by atoms with E-state index in [4.69, 9.17) is 15.6 Å². The monoisotopic (exact) mass is 400 g/mol. The van der Waals surface area contributed by atoms with E-state index in [1.54, 1.807) is 24.1 Å². The van der Waals surface area contributed by atoms with Crippen LogP contribution < -0.4 is 25.8 Å². The van der Waals surface area contributed by atoms with Crippen molar-refractivity contribution in [3.63, 3.8) is 0 Å². The van der Waals surface area contributed by atoms with E-state index in [0.717, 1.165) is 11.4 Å². The van der Waals surface area contributed by atoms with Gasteiger partial charge in [0.15, 0.2) is 5.82 Å². The number of sulfonamides is 1. The van der Waals surface area contributed by atoms with E-state index < -0.39 is 10.0 Å². The summed E-state index contributed by atoms with van der Waals surface area (Å²) in [5.74, 6) is 1.58. The average molecular weight is 400 g/mol. The van der Waals surface area contributed by atoms with Crippen LogP contribution in [-0.4, -0.2) is 32.5 Å². The maximum absolute atomic E-state index is 11.4. The number of nitrogens with one attached hydrogen (secondary N) is 1. The third-order valence-corrected chi connectivity index (χ3v) is 4.94. The van der Waals surface area contributed by atoms with Gasteiger partial charge in [-0.2, -0.15) is 4.98 Å². The van der Waals surface area contributed by atoms with E-state index in [9.17, 15) is 8.42 Å². The van der Waals surface area contributed by atoms with Crippen molar-refractivity contribution in [1.82, 2.24) is 9.97 Å². The number of methoxy groups -OCH3 is 1. The third-order valence-electron chi connectivity index (χ3n) is 4.01. The molecule has 28 heavy (non-hydrogen) atoms. The molecule has 0 aliphatic rings. The van der Waals surface area contributed by atoms with E-state index in [2.05, 4.69) is 15.3 Å². The normalized spacial score (nSPS) is 11.1. The second-order valence-corrected chi connectivity index (χ2v) is 7.49. The fourth-order valence-electron chi connectivity index (χ4n) is 2.43. The molecule has 3 rings (SSSR count). The molecule has 10 heteroatoms. The second kappa shape index (κ2) is 7.71. The summed E-state index contributed by atoms with van der Waals surface area (Å²) >= 11 is 0. The predicted molar refractivity (Wildman–Crippen MR) is 109 cm³/mol. The van der Waals surface area contributed by atoms with Gasteiger partial charge in [0.1, 0.15) is 5.75 Å². The Hall–Kier alpha value is -3.37. The molecule has 0 bridgehead atoms. The van der Waals surface area contributed by atoms with Crippen LogP contribution in [0, 0.1) is 0 Å². The molecule has 1 aromatic heterocycles.